The van der Waals surface area contributed by atoms with E-state index in [9.17, 15) is 12.8 Å². The number of hydrogen-bond donors (Lipinski definition) is 2. The van der Waals surface area contributed by atoms with Crippen LogP contribution in [0.2, 0.25) is 0 Å². The first-order chi connectivity index (χ1) is 8.90. The van der Waals surface area contributed by atoms with Crippen LogP contribution in [0, 0.1) is 5.82 Å². The molecule has 0 bridgehead atoms. The zero-order valence-corrected chi connectivity index (χ0v) is 14.3. The highest BCUT2D eigenvalue weighted by molar-refractivity contribution is 9.10. The summed E-state index contributed by atoms with van der Waals surface area (Å²) in [5, 5.41) is 0. The standard InChI is InChI=1S/C12H18BrFN2O2S.ClH/c1-2-3-4-9(8-15)16-19(17,18)10-5-6-11(13)12(14)7-10;/h5-7,9,16H,2-4,8,15H2,1H3;1H. The molecule has 1 aromatic carbocycles. The number of unbranched alkanes of at least 4 members (excludes halogenated alkanes) is 1. The van der Waals surface area contributed by atoms with Crippen molar-refractivity contribution >= 4 is 38.4 Å². The second-order valence-electron chi connectivity index (χ2n) is 4.27. The maximum atomic E-state index is 13.4. The van der Waals surface area contributed by atoms with Gasteiger partial charge in [0.2, 0.25) is 10.0 Å². The van der Waals surface area contributed by atoms with Crippen molar-refractivity contribution in [2.45, 2.75) is 37.1 Å². The molecule has 8 heteroatoms. The van der Waals surface area contributed by atoms with E-state index < -0.39 is 15.8 Å². The monoisotopic (exact) mass is 388 g/mol. The summed E-state index contributed by atoms with van der Waals surface area (Å²) in [6.45, 7) is 2.24. The van der Waals surface area contributed by atoms with Crippen molar-refractivity contribution in [3.8, 4) is 0 Å². The molecule has 0 radical (unpaired) electrons. The van der Waals surface area contributed by atoms with E-state index in [1.807, 2.05) is 6.92 Å². The first-order valence-corrected chi connectivity index (χ1v) is 8.35. The quantitative estimate of drug-likeness (QED) is 0.753. The van der Waals surface area contributed by atoms with E-state index in [4.69, 9.17) is 5.73 Å². The molecule has 4 nitrogen and oxygen atoms in total. The molecule has 0 amide bonds. The minimum Gasteiger partial charge on any atom is -0.329 e. The van der Waals surface area contributed by atoms with E-state index in [-0.39, 0.29) is 34.4 Å². The number of rotatable bonds is 7. The molecule has 0 saturated carbocycles. The van der Waals surface area contributed by atoms with Gasteiger partial charge in [-0.15, -0.1) is 12.4 Å². The van der Waals surface area contributed by atoms with Crippen LogP contribution >= 0.6 is 28.3 Å². The lowest BCUT2D eigenvalue weighted by Crippen LogP contribution is -2.40. The van der Waals surface area contributed by atoms with Crippen molar-refractivity contribution in [2.75, 3.05) is 6.54 Å². The lowest BCUT2D eigenvalue weighted by Gasteiger charge is -2.16. The Balaban J connectivity index is 0.00000361. The molecule has 0 saturated heterocycles. The van der Waals surface area contributed by atoms with Crippen molar-refractivity contribution in [3.05, 3.63) is 28.5 Å². The van der Waals surface area contributed by atoms with Gasteiger partial charge < -0.3 is 5.73 Å². The Kier molecular flexibility index (Phi) is 8.85. The number of hydrogen-bond acceptors (Lipinski definition) is 3. The lowest BCUT2D eigenvalue weighted by atomic mass is 10.1. The van der Waals surface area contributed by atoms with Crippen LogP contribution in [0.5, 0.6) is 0 Å². The van der Waals surface area contributed by atoms with E-state index in [0.29, 0.717) is 6.42 Å². The molecular formula is C12H19BrClFN2O2S. The van der Waals surface area contributed by atoms with Gasteiger partial charge in [-0.3, -0.25) is 0 Å². The van der Waals surface area contributed by atoms with Crippen LogP contribution < -0.4 is 10.5 Å². The van der Waals surface area contributed by atoms with E-state index in [1.54, 1.807) is 0 Å². The second-order valence-corrected chi connectivity index (χ2v) is 6.84. The summed E-state index contributed by atoms with van der Waals surface area (Å²) >= 11 is 2.98. The fourth-order valence-electron chi connectivity index (χ4n) is 1.61. The number of benzene rings is 1. The van der Waals surface area contributed by atoms with Gasteiger partial charge in [-0.05, 0) is 40.5 Å². The smallest absolute Gasteiger partial charge is 0.240 e. The molecular weight excluding hydrogens is 371 g/mol. The fourth-order valence-corrected chi connectivity index (χ4v) is 3.15. The van der Waals surface area contributed by atoms with E-state index in [1.165, 1.54) is 12.1 Å². The molecule has 1 rings (SSSR count). The lowest BCUT2D eigenvalue weighted by molar-refractivity contribution is 0.515. The van der Waals surface area contributed by atoms with Gasteiger partial charge in [0.25, 0.3) is 0 Å². The highest BCUT2D eigenvalue weighted by atomic mass is 79.9. The Bertz CT molecular complexity index is 528. The van der Waals surface area contributed by atoms with Crippen molar-refractivity contribution in [1.82, 2.24) is 4.72 Å². The Labute approximate surface area is 133 Å². The molecule has 116 valence electrons. The highest BCUT2D eigenvalue weighted by Gasteiger charge is 2.20. The molecule has 0 fully saturated rings. The molecule has 0 spiro atoms. The van der Waals surface area contributed by atoms with Crippen LogP contribution in [0.1, 0.15) is 26.2 Å². The average molecular weight is 390 g/mol. The van der Waals surface area contributed by atoms with Gasteiger partial charge in [-0.25, -0.2) is 17.5 Å². The van der Waals surface area contributed by atoms with Gasteiger partial charge in [0, 0.05) is 12.6 Å². The Morgan fingerprint density at radius 3 is 2.60 bits per heavy atom. The van der Waals surface area contributed by atoms with Crippen molar-refractivity contribution < 1.29 is 12.8 Å². The third kappa shape index (κ3) is 5.65. The molecule has 0 aliphatic carbocycles. The molecule has 1 aromatic rings. The highest BCUT2D eigenvalue weighted by Crippen LogP contribution is 2.19. The maximum Gasteiger partial charge on any atom is 0.240 e. The summed E-state index contributed by atoms with van der Waals surface area (Å²) in [5.74, 6) is -0.610. The van der Waals surface area contributed by atoms with Gasteiger partial charge >= 0.3 is 0 Å². The molecule has 3 N–H and O–H groups in total. The molecule has 0 aliphatic rings. The van der Waals surface area contributed by atoms with Crippen LogP contribution in [0.3, 0.4) is 0 Å². The van der Waals surface area contributed by atoms with Crippen LogP contribution in [0.4, 0.5) is 4.39 Å². The van der Waals surface area contributed by atoms with Crippen molar-refractivity contribution in [3.63, 3.8) is 0 Å². The second kappa shape index (κ2) is 8.94. The molecule has 20 heavy (non-hydrogen) atoms. The molecule has 0 aromatic heterocycles. The fraction of sp³-hybridized carbons (Fsp3) is 0.500. The molecule has 0 heterocycles. The van der Waals surface area contributed by atoms with Gasteiger partial charge in [0.1, 0.15) is 5.82 Å². The Morgan fingerprint density at radius 1 is 1.45 bits per heavy atom. The van der Waals surface area contributed by atoms with Crippen LogP contribution in [-0.2, 0) is 10.0 Å². The largest absolute Gasteiger partial charge is 0.329 e. The summed E-state index contributed by atoms with van der Waals surface area (Å²) in [7, 11) is -3.73. The van der Waals surface area contributed by atoms with Gasteiger partial charge in [-0.1, -0.05) is 19.8 Å². The van der Waals surface area contributed by atoms with Gasteiger partial charge in [0.15, 0.2) is 0 Å². The minimum absolute atomic E-state index is 0. The molecule has 1 atom stereocenters. The Hall–Kier alpha value is -0.210. The average Bonchev–Trinajstić information content (AvgIpc) is 2.37. The zero-order valence-electron chi connectivity index (χ0n) is 11.1. The Morgan fingerprint density at radius 2 is 2.10 bits per heavy atom. The van der Waals surface area contributed by atoms with E-state index in [0.717, 1.165) is 18.9 Å². The summed E-state index contributed by atoms with van der Waals surface area (Å²) in [6, 6.07) is 3.38. The topological polar surface area (TPSA) is 72.2 Å². The first kappa shape index (κ1) is 19.8. The third-order valence-electron chi connectivity index (χ3n) is 2.71. The number of nitrogens with one attached hydrogen (secondary N) is 1. The van der Waals surface area contributed by atoms with Crippen LogP contribution in [0.25, 0.3) is 0 Å². The SMILES string of the molecule is CCCCC(CN)NS(=O)(=O)c1ccc(Br)c(F)c1.Cl. The van der Waals surface area contributed by atoms with Crippen molar-refractivity contribution in [2.24, 2.45) is 5.73 Å². The summed E-state index contributed by atoms with van der Waals surface area (Å²) in [6.07, 6.45) is 2.52. The van der Waals surface area contributed by atoms with Crippen molar-refractivity contribution in [1.29, 1.82) is 0 Å². The van der Waals surface area contributed by atoms with Gasteiger partial charge in [0.05, 0.1) is 9.37 Å². The predicted octanol–water partition coefficient (Wildman–Crippen LogP) is 2.81. The minimum atomic E-state index is -3.73. The zero-order chi connectivity index (χ0) is 14.5. The number of nitrogens with two attached hydrogens (primary N) is 1. The van der Waals surface area contributed by atoms with Crippen LogP contribution in [0.15, 0.2) is 27.6 Å². The summed E-state index contributed by atoms with van der Waals surface area (Å²) in [5.41, 5.74) is 5.54. The van der Waals surface area contributed by atoms with E-state index in [2.05, 4.69) is 20.7 Å². The molecule has 1 unspecified atom stereocenters. The predicted molar refractivity (Wildman–Crippen MR) is 84.0 cm³/mol. The normalized spacial score (nSPS) is 12.8. The number of sulfonamides is 1. The summed E-state index contributed by atoms with van der Waals surface area (Å²) < 4.78 is 40.3. The van der Waals surface area contributed by atoms with Crippen LogP contribution in [-0.4, -0.2) is 21.0 Å². The molecule has 0 aliphatic heterocycles. The van der Waals surface area contributed by atoms with Gasteiger partial charge in [-0.2, -0.15) is 0 Å². The summed E-state index contributed by atoms with van der Waals surface area (Å²) in [4.78, 5) is -0.0943. The first-order valence-electron chi connectivity index (χ1n) is 6.08. The number of halogens is 3. The van der Waals surface area contributed by atoms with E-state index >= 15 is 0 Å². The maximum absolute atomic E-state index is 13.4. The third-order valence-corrected chi connectivity index (χ3v) is 4.88.